The summed E-state index contributed by atoms with van der Waals surface area (Å²) in [6.07, 6.45) is -1.91. The Kier molecular flexibility index (Phi) is 5.43. The molecular weight excluding hydrogens is 205 g/mol. The zero-order chi connectivity index (χ0) is 12.0. The molecule has 2 nitrogen and oxygen atoms in total. The summed E-state index contributed by atoms with van der Waals surface area (Å²) in [5.41, 5.74) is 1.04. The van der Waals surface area contributed by atoms with Gasteiger partial charge >= 0.3 is 0 Å². The summed E-state index contributed by atoms with van der Waals surface area (Å²) in [4.78, 5) is 0. The van der Waals surface area contributed by atoms with Crippen LogP contribution in [0.15, 0.2) is 30.3 Å². The van der Waals surface area contributed by atoms with Gasteiger partial charge in [-0.1, -0.05) is 44.2 Å². The summed E-state index contributed by atoms with van der Waals surface area (Å²) >= 11 is 0. The third-order valence-electron chi connectivity index (χ3n) is 2.40. The third kappa shape index (κ3) is 4.73. The van der Waals surface area contributed by atoms with Gasteiger partial charge in [0.05, 0.1) is 0 Å². The summed E-state index contributed by atoms with van der Waals surface area (Å²) in [6, 6.07) is 9.65. The van der Waals surface area contributed by atoms with E-state index in [0.717, 1.165) is 5.56 Å². The SMILES string of the molecule is CC(C)CC(F)[C@H](O)NCc1ccccc1. The summed E-state index contributed by atoms with van der Waals surface area (Å²) < 4.78 is 13.4. The lowest BCUT2D eigenvalue weighted by Gasteiger charge is -2.18. The average Bonchev–Trinajstić information content (AvgIpc) is 2.26. The summed E-state index contributed by atoms with van der Waals surface area (Å²) in [5, 5.41) is 12.3. The van der Waals surface area contributed by atoms with Crippen LogP contribution in [0, 0.1) is 5.92 Å². The number of rotatable bonds is 6. The van der Waals surface area contributed by atoms with Crippen LogP contribution >= 0.6 is 0 Å². The monoisotopic (exact) mass is 225 g/mol. The van der Waals surface area contributed by atoms with Crippen molar-refractivity contribution in [3.05, 3.63) is 35.9 Å². The van der Waals surface area contributed by atoms with E-state index in [2.05, 4.69) is 5.32 Å². The molecule has 0 radical (unpaired) electrons. The number of benzene rings is 1. The molecular formula is C13H20FNO. The highest BCUT2D eigenvalue weighted by molar-refractivity contribution is 5.14. The van der Waals surface area contributed by atoms with Crippen molar-refractivity contribution in [3.8, 4) is 0 Å². The van der Waals surface area contributed by atoms with Crippen molar-refractivity contribution in [2.24, 2.45) is 5.92 Å². The second-order valence-corrected chi connectivity index (χ2v) is 4.46. The third-order valence-corrected chi connectivity index (χ3v) is 2.40. The fraction of sp³-hybridized carbons (Fsp3) is 0.538. The van der Waals surface area contributed by atoms with Gasteiger partial charge in [-0.15, -0.1) is 0 Å². The molecule has 0 saturated carbocycles. The largest absolute Gasteiger partial charge is 0.376 e. The fourth-order valence-electron chi connectivity index (χ4n) is 1.53. The van der Waals surface area contributed by atoms with E-state index in [9.17, 15) is 9.50 Å². The zero-order valence-electron chi connectivity index (χ0n) is 9.86. The van der Waals surface area contributed by atoms with Crippen LogP contribution in [0.25, 0.3) is 0 Å². The number of alkyl halides is 1. The minimum absolute atomic E-state index is 0.253. The van der Waals surface area contributed by atoms with E-state index in [4.69, 9.17) is 0 Å². The minimum Gasteiger partial charge on any atom is -0.376 e. The van der Waals surface area contributed by atoms with Gasteiger partial charge in [0.15, 0.2) is 0 Å². The molecule has 0 aromatic heterocycles. The Bertz CT molecular complexity index is 289. The van der Waals surface area contributed by atoms with Crippen molar-refractivity contribution >= 4 is 0 Å². The molecule has 90 valence electrons. The first kappa shape index (κ1) is 13.1. The molecule has 1 aromatic carbocycles. The van der Waals surface area contributed by atoms with Gasteiger partial charge in [-0.3, -0.25) is 5.32 Å². The Labute approximate surface area is 96.5 Å². The van der Waals surface area contributed by atoms with E-state index >= 15 is 0 Å². The molecule has 0 heterocycles. The number of halogens is 1. The van der Waals surface area contributed by atoms with Gasteiger partial charge in [0.25, 0.3) is 0 Å². The first-order chi connectivity index (χ1) is 7.59. The van der Waals surface area contributed by atoms with E-state index in [1.165, 1.54) is 0 Å². The van der Waals surface area contributed by atoms with Crippen LogP contribution in [0.5, 0.6) is 0 Å². The quantitative estimate of drug-likeness (QED) is 0.729. The van der Waals surface area contributed by atoms with E-state index in [1.54, 1.807) is 0 Å². The molecule has 0 saturated heterocycles. The molecule has 0 amide bonds. The molecule has 2 N–H and O–H groups in total. The number of hydrogen-bond acceptors (Lipinski definition) is 2. The van der Waals surface area contributed by atoms with E-state index in [1.807, 2.05) is 44.2 Å². The molecule has 0 bridgehead atoms. The van der Waals surface area contributed by atoms with Crippen molar-refractivity contribution in [1.29, 1.82) is 0 Å². The van der Waals surface area contributed by atoms with Crippen molar-refractivity contribution in [1.82, 2.24) is 5.32 Å². The van der Waals surface area contributed by atoms with Crippen LogP contribution in [-0.2, 0) is 6.54 Å². The molecule has 2 atom stereocenters. The fourth-order valence-corrected chi connectivity index (χ4v) is 1.53. The number of aliphatic hydroxyl groups is 1. The molecule has 0 spiro atoms. The molecule has 0 aliphatic carbocycles. The van der Waals surface area contributed by atoms with Gasteiger partial charge in [-0.25, -0.2) is 4.39 Å². The lowest BCUT2D eigenvalue weighted by Crippen LogP contribution is -2.37. The van der Waals surface area contributed by atoms with Crippen molar-refractivity contribution in [3.63, 3.8) is 0 Å². The van der Waals surface area contributed by atoms with Crippen molar-refractivity contribution in [2.45, 2.75) is 39.2 Å². The highest BCUT2D eigenvalue weighted by atomic mass is 19.1. The van der Waals surface area contributed by atoms with Gasteiger partial charge in [-0.05, 0) is 17.9 Å². The smallest absolute Gasteiger partial charge is 0.139 e. The lowest BCUT2D eigenvalue weighted by atomic mass is 10.1. The summed E-state index contributed by atoms with van der Waals surface area (Å²) in [5.74, 6) is 0.253. The molecule has 16 heavy (non-hydrogen) atoms. The number of hydrogen-bond donors (Lipinski definition) is 2. The topological polar surface area (TPSA) is 32.3 Å². The van der Waals surface area contributed by atoms with Crippen LogP contribution in [0.1, 0.15) is 25.8 Å². The van der Waals surface area contributed by atoms with E-state index in [0.29, 0.717) is 13.0 Å². The number of aliphatic hydroxyl groups excluding tert-OH is 1. The summed E-state index contributed by atoms with van der Waals surface area (Å²) in [6.45, 7) is 4.37. The highest BCUT2D eigenvalue weighted by Gasteiger charge is 2.18. The predicted octanol–water partition coefficient (Wildman–Crippen LogP) is 2.48. The maximum Gasteiger partial charge on any atom is 0.139 e. The highest BCUT2D eigenvalue weighted by Crippen LogP contribution is 2.11. The van der Waals surface area contributed by atoms with Crippen LogP contribution in [0.2, 0.25) is 0 Å². The van der Waals surface area contributed by atoms with Gasteiger partial charge in [0.1, 0.15) is 12.4 Å². The van der Waals surface area contributed by atoms with Crippen molar-refractivity contribution < 1.29 is 9.50 Å². The molecule has 1 aromatic rings. The second-order valence-electron chi connectivity index (χ2n) is 4.46. The number of nitrogens with one attached hydrogen (secondary N) is 1. The standard InChI is InChI=1S/C13H20FNO/c1-10(2)8-12(14)13(16)15-9-11-6-4-3-5-7-11/h3-7,10,12-13,15-16H,8-9H2,1-2H3/t12?,13-/m0/s1. The Morgan fingerprint density at radius 2 is 1.88 bits per heavy atom. The first-order valence-electron chi connectivity index (χ1n) is 5.69. The van der Waals surface area contributed by atoms with Crippen LogP contribution < -0.4 is 5.32 Å². The van der Waals surface area contributed by atoms with Gasteiger partial charge in [0.2, 0.25) is 0 Å². The average molecular weight is 225 g/mol. The minimum atomic E-state index is -1.20. The maximum atomic E-state index is 13.4. The van der Waals surface area contributed by atoms with E-state index < -0.39 is 12.4 Å². The Morgan fingerprint density at radius 3 is 2.44 bits per heavy atom. The van der Waals surface area contributed by atoms with Gasteiger partial charge in [-0.2, -0.15) is 0 Å². The van der Waals surface area contributed by atoms with Gasteiger partial charge in [0, 0.05) is 6.54 Å². The predicted molar refractivity (Wildman–Crippen MR) is 63.6 cm³/mol. The molecule has 0 aliphatic heterocycles. The van der Waals surface area contributed by atoms with E-state index in [-0.39, 0.29) is 5.92 Å². The van der Waals surface area contributed by atoms with Crippen LogP contribution in [0.4, 0.5) is 4.39 Å². The second kappa shape index (κ2) is 6.61. The summed E-state index contributed by atoms with van der Waals surface area (Å²) in [7, 11) is 0. The van der Waals surface area contributed by atoms with Crippen LogP contribution in [0.3, 0.4) is 0 Å². The molecule has 3 heteroatoms. The molecule has 0 fully saturated rings. The Hall–Kier alpha value is -0.930. The zero-order valence-corrected chi connectivity index (χ0v) is 9.86. The normalized spacial score (nSPS) is 15.1. The molecule has 1 rings (SSSR count). The first-order valence-corrected chi connectivity index (χ1v) is 5.69. The molecule has 0 aliphatic rings. The maximum absolute atomic E-state index is 13.4. The Balaban J connectivity index is 2.32. The van der Waals surface area contributed by atoms with Gasteiger partial charge < -0.3 is 5.11 Å². The van der Waals surface area contributed by atoms with Crippen LogP contribution in [-0.4, -0.2) is 17.5 Å². The molecule has 1 unspecified atom stereocenters. The lowest BCUT2D eigenvalue weighted by molar-refractivity contribution is 0.0377. The van der Waals surface area contributed by atoms with Crippen molar-refractivity contribution in [2.75, 3.05) is 0 Å². The Morgan fingerprint density at radius 1 is 1.25 bits per heavy atom.